The second-order valence-corrected chi connectivity index (χ2v) is 12.8. The van der Waals surface area contributed by atoms with Crippen LogP contribution in [0.3, 0.4) is 0 Å². The van der Waals surface area contributed by atoms with E-state index in [0.717, 1.165) is 0 Å². The standard InChI is InChI=1S/C30H66B3N3/c1-13-19-25(7)31-34(28(10)22-16-4)32(26(8)20-14-2)36(30(12)24-18-6)33(27(9)21-15-3)35(31)29(11)23-17-5/h25-30H,13-24H2,1-12H3. The van der Waals surface area contributed by atoms with Gasteiger partial charge in [0, 0.05) is 0 Å². The van der Waals surface area contributed by atoms with Gasteiger partial charge in [-0.15, -0.1) is 0 Å². The summed E-state index contributed by atoms with van der Waals surface area (Å²) in [5.74, 6) is 2.06. The van der Waals surface area contributed by atoms with E-state index in [-0.39, 0.29) is 0 Å². The van der Waals surface area contributed by atoms with E-state index < -0.39 is 0 Å². The van der Waals surface area contributed by atoms with Crippen molar-refractivity contribution in [3.63, 3.8) is 0 Å². The van der Waals surface area contributed by atoms with Crippen molar-refractivity contribution in [3.8, 4) is 0 Å². The summed E-state index contributed by atoms with van der Waals surface area (Å²) in [5.41, 5.74) is 0. The Balaban J connectivity index is 3.95. The minimum absolute atomic E-state index is 0.534. The number of hydrogen-bond donors (Lipinski definition) is 0. The highest BCUT2D eigenvalue weighted by atomic mass is 15.3. The SMILES string of the molecule is CCCC(C)B1N(C(C)CCC)B(C(C)CCC)N(C(C)CCC)B(C(C)CCC)N1C(C)CCC. The number of nitrogens with zero attached hydrogens (tertiary/aromatic N) is 3. The first-order valence-electron chi connectivity index (χ1n) is 16.5. The highest BCUT2D eigenvalue weighted by molar-refractivity contribution is 6.87. The third-order valence-electron chi connectivity index (χ3n) is 9.24. The van der Waals surface area contributed by atoms with Gasteiger partial charge in [0.1, 0.15) is 0 Å². The molecular weight excluding hydrogens is 435 g/mol. The zero-order valence-electron chi connectivity index (χ0n) is 27.0. The van der Waals surface area contributed by atoms with Crippen molar-refractivity contribution in [1.82, 2.24) is 14.2 Å². The lowest BCUT2D eigenvalue weighted by Gasteiger charge is -2.63. The number of hydrogen-bond acceptors (Lipinski definition) is 3. The molecular formula is C30H66B3N3. The normalized spacial score (nSPS) is 21.5. The first-order valence-corrected chi connectivity index (χ1v) is 16.5. The van der Waals surface area contributed by atoms with Crippen LogP contribution in [0.4, 0.5) is 0 Å². The van der Waals surface area contributed by atoms with Crippen molar-refractivity contribution in [2.75, 3.05) is 0 Å². The van der Waals surface area contributed by atoms with Gasteiger partial charge in [0.05, 0.1) is 0 Å². The fraction of sp³-hybridized carbons (Fsp3) is 1.00. The molecule has 0 aromatic rings. The van der Waals surface area contributed by atoms with Gasteiger partial charge in [0.25, 0.3) is 20.9 Å². The van der Waals surface area contributed by atoms with Gasteiger partial charge in [-0.3, -0.25) is 0 Å². The molecule has 1 aliphatic rings. The molecule has 1 fully saturated rings. The van der Waals surface area contributed by atoms with Gasteiger partial charge in [-0.25, -0.2) is 0 Å². The van der Waals surface area contributed by atoms with Gasteiger partial charge in [-0.2, -0.15) is 0 Å². The largest absolute Gasteiger partial charge is 0.354 e. The smallest absolute Gasteiger partial charge is 0.293 e. The van der Waals surface area contributed by atoms with Crippen molar-refractivity contribution >= 4 is 20.9 Å². The fourth-order valence-corrected chi connectivity index (χ4v) is 7.77. The Morgan fingerprint density at radius 2 is 0.556 bits per heavy atom. The van der Waals surface area contributed by atoms with Gasteiger partial charge in [0.2, 0.25) is 0 Å². The molecule has 0 aliphatic carbocycles. The molecule has 36 heavy (non-hydrogen) atoms. The summed E-state index contributed by atoms with van der Waals surface area (Å²) in [6.45, 7) is 31.4. The molecule has 6 unspecified atom stereocenters. The molecule has 0 saturated carbocycles. The van der Waals surface area contributed by atoms with Gasteiger partial charge in [-0.05, 0) is 54.8 Å². The Bertz CT molecular complexity index is 429. The molecule has 3 nitrogen and oxygen atoms in total. The molecule has 1 aliphatic heterocycles. The molecule has 0 amide bonds. The monoisotopic (exact) mass is 502 g/mol. The average molecular weight is 501 g/mol. The highest BCUT2D eigenvalue weighted by Gasteiger charge is 2.58. The minimum atomic E-state index is 0.534. The molecule has 210 valence electrons. The zero-order chi connectivity index (χ0) is 27.4. The highest BCUT2D eigenvalue weighted by Crippen LogP contribution is 2.42. The van der Waals surface area contributed by atoms with Crippen molar-refractivity contribution in [2.24, 2.45) is 0 Å². The lowest BCUT2D eigenvalue weighted by atomic mass is 9.32. The van der Waals surface area contributed by atoms with Crippen molar-refractivity contribution in [1.29, 1.82) is 0 Å². The topological polar surface area (TPSA) is 9.72 Å². The average Bonchev–Trinajstić information content (AvgIpc) is 2.82. The first-order chi connectivity index (χ1) is 17.2. The van der Waals surface area contributed by atoms with Crippen LogP contribution in [0.1, 0.15) is 160 Å². The van der Waals surface area contributed by atoms with E-state index in [1.165, 1.54) is 77.0 Å². The first kappa shape index (κ1) is 34.1. The van der Waals surface area contributed by atoms with E-state index in [4.69, 9.17) is 0 Å². The Morgan fingerprint density at radius 3 is 0.722 bits per heavy atom. The van der Waals surface area contributed by atoms with E-state index in [2.05, 4.69) is 97.3 Å². The third-order valence-corrected chi connectivity index (χ3v) is 9.24. The van der Waals surface area contributed by atoms with Crippen molar-refractivity contribution in [2.45, 2.75) is 196 Å². The lowest BCUT2D eigenvalue weighted by molar-refractivity contribution is 0.282. The molecule has 0 radical (unpaired) electrons. The van der Waals surface area contributed by atoms with E-state index in [9.17, 15) is 0 Å². The maximum atomic E-state index is 3.08. The van der Waals surface area contributed by atoms with Crippen LogP contribution >= 0.6 is 0 Å². The predicted molar refractivity (Wildman–Crippen MR) is 169 cm³/mol. The summed E-state index contributed by atoms with van der Waals surface area (Å²) in [5, 5.41) is 0. The molecule has 1 saturated heterocycles. The van der Waals surface area contributed by atoms with Crippen LogP contribution in [-0.2, 0) is 0 Å². The van der Waals surface area contributed by atoms with Gasteiger partial charge in [0.15, 0.2) is 0 Å². The minimum Gasteiger partial charge on any atom is -0.354 e. The van der Waals surface area contributed by atoms with Crippen molar-refractivity contribution < 1.29 is 0 Å². The summed E-state index contributed by atoms with van der Waals surface area (Å²) in [7, 11) is 0. The van der Waals surface area contributed by atoms with Crippen molar-refractivity contribution in [3.05, 3.63) is 0 Å². The quantitative estimate of drug-likeness (QED) is 0.173. The molecule has 0 aromatic heterocycles. The Kier molecular flexibility index (Phi) is 16.7. The van der Waals surface area contributed by atoms with Crippen LogP contribution in [0.25, 0.3) is 0 Å². The summed E-state index contributed by atoms with van der Waals surface area (Å²) in [6, 6.07) is 1.83. The Hall–Kier alpha value is 0.0748. The molecule has 6 atom stereocenters. The van der Waals surface area contributed by atoms with Gasteiger partial charge in [-0.1, -0.05) is 141 Å². The van der Waals surface area contributed by atoms with Crippen LogP contribution in [0.2, 0.25) is 17.5 Å². The Morgan fingerprint density at radius 1 is 0.361 bits per heavy atom. The fourth-order valence-electron chi connectivity index (χ4n) is 7.77. The molecule has 1 rings (SSSR count). The van der Waals surface area contributed by atoms with Crippen LogP contribution in [0.15, 0.2) is 0 Å². The van der Waals surface area contributed by atoms with Gasteiger partial charge < -0.3 is 14.2 Å². The zero-order valence-corrected chi connectivity index (χ0v) is 27.0. The second-order valence-electron chi connectivity index (χ2n) is 12.8. The van der Waals surface area contributed by atoms with E-state index in [0.29, 0.717) is 56.5 Å². The maximum Gasteiger partial charge on any atom is 0.293 e. The molecule has 0 aromatic carbocycles. The van der Waals surface area contributed by atoms with Crippen LogP contribution in [-0.4, -0.2) is 53.2 Å². The maximum absolute atomic E-state index is 3.08. The predicted octanol–water partition coefficient (Wildman–Crippen LogP) is 9.51. The summed E-state index contributed by atoms with van der Waals surface area (Å²) in [4.78, 5) is 0. The van der Waals surface area contributed by atoms with E-state index in [1.807, 2.05) is 0 Å². The third kappa shape index (κ3) is 8.54. The molecule has 0 spiro atoms. The van der Waals surface area contributed by atoms with Gasteiger partial charge >= 0.3 is 0 Å². The Labute approximate surface area is 230 Å². The van der Waals surface area contributed by atoms with E-state index in [1.54, 1.807) is 0 Å². The lowest BCUT2D eigenvalue weighted by Crippen LogP contribution is -2.83. The summed E-state index contributed by atoms with van der Waals surface area (Å²) < 4.78 is 9.24. The number of rotatable bonds is 18. The van der Waals surface area contributed by atoms with E-state index >= 15 is 0 Å². The molecule has 0 bridgehead atoms. The van der Waals surface area contributed by atoms with Crippen LogP contribution in [0.5, 0.6) is 0 Å². The molecule has 6 heteroatoms. The summed E-state index contributed by atoms with van der Waals surface area (Å²) in [6.07, 6.45) is 15.5. The molecule has 1 heterocycles. The summed E-state index contributed by atoms with van der Waals surface area (Å²) >= 11 is 0. The molecule has 0 N–H and O–H groups in total. The van der Waals surface area contributed by atoms with Crippen LogP contribution < -0.4 is 0 Å². The van der Waals surface area contributed by atoms with Crippen LogP contribution in [0, 0.1) is 0 Å². The second kappa shape index (κ2) is 17.6.